The van der Waals surface area contributed by atoms with Crippen molar-refractivity contribution < 1.29 is 23.5 Å². The van der Waals surface area contributed by atoms with Gasteiger partial charge in [0, 0.05) is 30.6 Å². The lowest BCUT2D eigenvalue weighted by Crippen LogP contribution is -2.21. The van der Waals surface area contributed by atoms with Crippen LogP contribution in [0.4, 0.5) is 6.01 Å². The maximum absolute atomic E-state index is 12.3. The van der Waals surface area contributed by atoms with Crippen molar-refractivity contribution in [2.45, 2.75) is 20.4 Å². The van der Waals surface area contributed by atoms with Crippen LogP contribution in [0.3, 0.4) is 0 Å². The SMILES string of the molecule is COCCn1c(C)cc(/C=C(\C#N)C(=O)OCC(=O)Nc2nnc(-c3ccccc3)o2)c1C. The average molecular weight is 449 g/mol. The van der Waals surface area contributed by atoms with E-state index in [-0.39, 0.29) is 17.5 Å². The Kier molecular flexibility index (Phi) is 7.73. The summed E-state index contributed by atoms with van der Waals surface area (Å²) in [7, 11) is 1.62. The minimum atomic E-state index is -0.912. The first-order chi connectivity index (χ1) is 15.9. The number of carbonyl (C=O) groups excluding carboxylic acids is 2. The van der Waals surface area contributed by atoms with Crippen LogP contribution in [-0.2, 0) is 25.6 Å². The Morgan fingerprint density at radius 3 is 2.70 bits per heavy atom. The Bertz CT molecular complexity index is 1200. The average Bonchev–Trinajstić information content (AvgIpc) is 3.39. The Morgan fingerprint density at radius 1 is 1.24 bits per heavy atom. The maximum atomic E-state index is 12.3. The van der Waals surface area contributed by atoms with Crippen molar-refractivity contribution in [1.82, 2.24) is 14.8 Å². The van der Waals surface area contributed by atoms with E-state index in [2.05, 4.69) is 15.5 Å². The summed E-state index contributed by atoms with van der Waals surface area (Å²) in [6, 6.07) is 12.6. The first kappa shape index (κ1) is 23.4. The molecule has 1 aromatic carbocycles. The van der Waals surface area contributed by atoms with Gasteiger partial charge in [-0.05, 0) is 43.7 Å². The molecular weight excluding hydrogens is 426 g/mol. The van der Waals surface area contributed by atoms with Gasteiger partial charge in [0.2, 0.25) is 5.89 Å². The van der Waals surface area contributed by atoms with Gasteiger partial charge >= 0.3 is 12.0 Å². The molecule has 0 radical (unpaired) electrons. The smallest absolute Gasteiger partial charge is 0.349 e. The van der Waals surface area contributed by atoms with Gasteiger partial charge in [-0.25, -0.2) is 4.79 Å². The van der Waals surface area contributed by atoms with Crippen LogP contribution in [0.1, 0.15) is 17.0 Å². The molecule has 0 aliphatic heterocycles. The predicted molar refractivity (Wildman–Crippen MR) is 119 cm³/mol. The number of methoxy groups -OCH3 is 1. The van der Waals surface area contributed by atoms with Crippen molar-refractivity contribution in [2.24, 2.45) is 0 Å². The third-order valence-electron chi connectivity index (χ3n) is 4.80. The van der Waals surface area contributed by atoms with Crippen LogP contribution in [0.5, 0.6) is 0 Å². The molecule has 0 saturated heterocycles. The van der Waals surface area contributed by atoms with E-state index in [0.717, 1.165) is 11.4 Å². The summed E-state index contributed by atoms with van der Waals surface area (Å²) < 4.78 is 17.5. The topological polar surface area (TPSA) is 132 Å². The van der Waals surface area contributed by atoms with Crippen LogP contribution in [0.25, 0.3) is 17.5 Å². The number of nitriles is 1. The molecule has 0 fully saturated rings. The molecule has 0 aliphatic rings. The number of hydrogen-bond acceptors (Lipinski definition) is 8. The maximum Gasteiger partial charge on any atom is 0.349 e. The number of nitrogens with zero attached hydrogens (tertiary/aromatic N) is 4. The number of amides is 1. The highest BCUT2D eigenvalue weighted by Crippen LogP contribution is 2.20. The lowest BCUT2D eigenvalue weighted by Gasteiger charge is -2.08. The second-order valence-corrected chi connectivity index (χ2v) is 7.04. The number of benzene rings is 1. The van der Waals surface area contributed by atoms with Crippen molar-refractivity contribution in [1.29, 1.82) is 5.26 Å². The molecule has 0 unspecified atom stereocenters. The van der Waals surface area contributed by atoms with Gasteiger partial charge in [-0.2, -0.15) is 5.26 Å². The molecule has 0 aliphatic carbocycles. The normalized spacial score (nSPS) is 11.2. The van der Waals surface area contributed by atoms with E-state index in [4.69, 9.17) is 13.9 Å². The third kappa shape index (κ3) is 5.93. The number of nitrogens with one attached hydrogen (secondary N) is 1. The molecule has 0 saturated carbocycles. The molecule has 1 N–H and O–H groups in total. The van der Waals surface area contributed by atoms with Gasteiger partial charge in [0.15, 0.2) is 6.61 Å². The van der Waals surface area contributed by atoms with Crippen molar-refractivity contribution in [3.05, 3.63) is 58.9 Å². The van der Waals surface area contributed by atoms with Gasteiger partial charge in [-0.3, -0.25) is 10.1 Å². The summed E-state index contributed by atoms with van der Waals surface area (Å²) in [5.41, 5.74) is 3.03. The lowest BCUT2D eigenvalue weighted by atomic mass is 10.1. The molecule has 1 amide bonds. The van der Waals surface area contributed by atoms with E-state index < -0.39 is 18.5 Å². The van der Waals surface area contributed by atoms with Crippen LogP contribution in [0, 0.1) is 25.2 Å². The summed E-state index contributed by atoms with van der Waals surface area (Å²) in [6.45, 7) is 4.38. The Labute approximate surface area is 190 Å². The Morgan fingerprint density at radius 2 is 2.00 bits per heavy atom. The number of ether oxygens (including phenoxy) is 2. The van der Waals surface area contributed by atoms with Gasteiger partial charge < -0.3 is 18.5 Å². The summed E-state index contributed by atoms with van der Waals surface area (Å²) >= 11 is 0. The third-order valence-corrected chi connectivity index (χ3v) is 4.80. The van der Waals surface area contributed by atoms with Crippen molar-refractivity contribution in [3.8, 4) is 17.5 Å². The molecule has 10 heteroatoms. The first-order valence-electron chi connectivity index (χ1n) is 10.1. The number of aryl methyl sites for hydroxylation is 1. The van der Waals surface area contributed by atoms with Crippen molar-refractivity contribution in [2.75, 3.05) is 25.6 Å². The highest BCUT2D eigenvalue weighted by Gasteiger charge is 2.17. The Balaban J connectivity index is 1.60. The summed E-state index contributed by atoms with van der Waals surface area (Å²) in [6.07, 6.45) is 1.44. The van der Waals surface area contributed by atoms with Gasteiger partial charge in [0.1, 0.15) is 11.6 Å². The minimum absolute atomic E-state index is 0.130. The number of anilines is 1. The van der Waals surface area contributed by atoms with Crippen LogP contribution in [-0.4, -0.2) is 47.0 Å². The second-order valence-electron chi connectivity index (χ2n) is 7.04. The zero-order chi connectivity index (χ0) is 23.8. The van der Waals surface area contributed by atoms with Crippen LogP contribution >= 0.6 is 0 Å². The monoisotopic (exact) mass is 449 g/mol. The quantitative estimate of drug-likeness (QED) is 0.300. The van der Waals surface area contributed by atoms with E-state index in [9.17, 15) is 14.9 Å². The standard InChI is InChI=1S/C23H23N5O5/c1-15-11-18(16(2)28(15)9-10-31-3)12-19(13-24)22(30)32-14-20(29)25-23-27-26-21(33-23)17-7-5-4-6-8-17/h4-8,11-12H,9-10,14H2,1-3H3,(H,25,27,29)/b19-12+. The van der Waals surface area contributed by atoms with Crippen LogP contribution in [0.2, 0.25) is 0 Å². The molecule has 0 spiro atoms. The molecule has 3 rings (SSSR count). The van der Waals surface area contributed by atoms with E-state index in [1.165, 1.54) is 6.08 Å². The van der Waals surface area contributed by atoms with E-state index in [1.54, 1.807) is 19.2 Å². The van der Waals surface area contributed by atoms with Gasteiger partial charge in [0.25, 0.3) is 5.91 Å². The summed E-state index contributed by atoms with van der Waals surface area (Å²) in [5, 5.41) is 19.4. The second kappa shape index (κ2) is 10.9. The molecule has 2 aromatic heterocycles. The molecular formula is C23H23N5O5. The zero-order valence-corrected chi connectivity index (χ0v) is 18.5. The largest absolute Gasteiger partial charge is 0.451 e. The van der Waals surface area contributed by atoms with E-state index in [0.29, 0.717) is 24.3 Å². The van der Waals surface area contributed by atoms with Crippen LogP contribution in [0.15, 0.2) is 46.4 Å². The number of esters is 1. The number of hydrogen-bond donors (Lipinski definition) is 1. The van der Waals surface area contributed by atoms with Gasteiger partial charge in [-0.15, -0.1) is 5.10 Å². The molecule has 3 aromatic rings. The highest BCUT2D eigenvalue weighted by molar-refractivity contribution is 6.00. The molecule has 0 atom stereocenters. The molecule has 170 valence electrons. The minimum Gasteiger partial charge on any atom is -0.451 e. The van der Waals surface area contributed by atoms with Gasteiger partial charge in [0.05, 0.1) is 6.61 Å². The fraction of sp³-hybridized carbons (Fsp3) is 0.261. The predicted octanol–water partition coefficient (Wildman–Crippen LogP) is 2.89. The highest BCUT2D eigenvalue weighted by atomic mass is 16.5. The molecule has 2 heterocycles. The fourth-order valence-corrected chi connectivity index (χ4v) is 3.13. The van der Waals surface area contributed by atoms with Gasteiger partial charge in [-0.1, -0.05) is 23.3 Å². The number of carbonyl (C=O) groups is 2. The zero-order valence-electron chi connectivity index (χ0n) is 18.5. The van der Waals surface area contributed by atoms with E-state index >= 15 is 0 Å². The van der Waals surface area contributed by atoms with Crippen molar-refractivity contribution >= 4 is 24.0 Å². The number of rotatable bonds is 9. The van der Waals surface area contributed by atoms with E-state index in [1.807, 2.05) is 48.7 Å². The summed E-state index contributed by atoms with van der Waals surface area (Å²) in [5.74, 6) is -1.35. The first-order valence-corrected chi connectivity index (χ1v) is 10.1. The van der Waals surface area contributed by atoms with Crippen molar-refractivity contribution in [3.63, 3.8) is 0 Å². The lowest BCUT2D eigenvalue weighted by molar-refractivity contribution is -0.142. The fourth-order valence-electron chi connectivity index (χ4n) is 3.13. The van der Waals surface area contributed by atoms with Crippen LogP contribution < -0.4 is 5.32 Å². The molecule has 0 bridgehead atoms. The summed E-state index contributed by atoms with van der Waals surface area (Å²) in [4.78, 5) is 24.4. The Hall–Kier alpha value is -4.23. The number of aromatic nitrogens is 3. The molecule has 33 heavy (non-hydrogen) atoms. The molecule has 10 nitrogen and oxygen atoms in total.